The smallest absolute Gasteiger partial charge is 0.259 e. The number of carbonyl (C=O) groups is 1. The lowest BCUT2D eigenvalue weighted by Gasteiger charge is -2.44. The van der Waals surface area contributed by atoms with Crippen LogP contribution in [0, 0.1) is 13.8 Å². The molecule has 2 aliphatic rings. The van der Waals surface area contributed by atoms with Crippen molar-refractivity contribution in [3.8, 4) is 5.88 Å². The van der Waals surface area contributed by atoms with E-state index >= 15 is 0 Å². The molecule has 1 amide bonds. The Morgan fingerprint density at radius 1 is 1.35 bits per heavy atom. The lowest BCUT2D eigenvalue weighted by atomic mass is 9.80. The predicted molar refractivity (Wildman–Crippen MR) is 92.9 cm³/mol. The minimum absolute atomic E-state index is 0.0233. The molecule has 138 valence electrons. The van der Waals surface area contributed by atoms with E-state index < -0.39 is 5.60 Å². The number of carbonyl (C=O) groups excluding carboxylic acids is 1. The normalized spacial score (nSPS) is 27.6. The van der Waals surface area contributed by atoms with E-state index in [0.717, 1.165) is 12.8 Å². The Morgan fingerprint density at radius 3 is 2.62 bits per heavy atom. The molecule has 0 aromatic carbocycles. The van der Waals surface area contributed by atoms with Crippen molar-refractivity contribution in [2.45, 2.75) is 57.2 Å². The number of aliphatic hydroxyl groups is 1. The van der Waals surface area contributed by atoms with Gasteiger partial charge in [-0.3, -0.25) is 4.79 Å². The van der Waals surface area contributed by atoms with Crippen LogP contribution < -0.4 is 4.74 Å². The number of hydrogen-bond acceptors (Lipinski definition) is 6. The van der Waals surface area contributed by atoms with Crippen LogP contribution in [0.5, 0.6) is 5.88 Å². The van der Waals surface area contributed by atoms with E-state index in [0.29, 0.717) is 41.3 Å². The summed E-state index contributed by atoms with van der Waals surface area (Å²) in [5.74, 6) is 0.940. The summed E-state index contributed by atoms with van der Waals surface area (Å²) in [7, 11) is 1.56. The van der Waals surface area contributed by atoms with E-state index in [9.17, 15) is 9.90 Å². The van der Waals surface area contributed by atoms with Crippen molar-refractivity contribution >= 4 is 5.91 Å². The van der Waals surface area contributed by atoms with Crippen LogP contribution in [0.1, 0.15) is 53.1 Å². The summed E-state index contributed by atoms with van der Waals surface area (Å²) in [4.78, 5) is 19.3. The minimum atomic E-state index is -1.04. The van der Waals surface area contributed by atoms with Gasteiger partial charge in [0.25, 0.3) is 5.91 Å². The molecule has 2 aromatic heterocycles. The van der Waals surface area contributed by atoms with E-state index in [1.54, 1.807) is 33.2 Å². The fourth-order valence-corrected chi connectivity index (χ4v) is 4.60. The van der Waals surface area contributed by atoms with Gasteiger partial charge in [0, 0.05) is 36.7 Å². The van der Waals surface area contributed by atoms with Gasteiger partial charge in [-0.1, -0.05) is 5.16 Å². The molecule has 2 aromatic rings. The molecule has 0 aliphatic carbocycles. The third kappa shape index (κ3) is 2.49. The SMILES string of the molecule is COc1ncccc1C1(O)CC2CCC(C1)N2C(=O)c1c(C)noc1C. The molecule has 2 unspecified atom stereocenters. The van der Waals surface area contributed by atoms with Crippen LogP contribution in [0.3, 0.4) is 0 Å². The van der Waals surface area contributed by atoms with Crippen molar-refractivity contribution in [3.63, 3.8) is 0 Å². The summed E-state index contributed by atoms with van der Waals surface area (Å²) < 4.78 is 10.5. The number of amides is 1. The van der Waals surface area contributed by atoms with Gasteiger partial charge in [0.2, 0.25) is 5.88 Å². The third-order valence-corrected chi connectivity index (χ3v) is 5.71. The molecule has 4 heterocycles. The maximum atomic E-state index is 13.1. The second-order valence-electron chi connectivity index (χ2n) is 7.30. The highest BCUT2D eigenvalue weighted by molar-refractivity contribution is 5.96. The molecule has 7 heteroatoms. The Bertz CT molecular complexity index is 814. The van der Waals surface area contributed by atoms with Gasteiger partial charge in [0.1, 0.15) is 11.3 Å². The van der Waals surface area contributed by atoms with Crippen LogP contribution in [-0.4, -0.2) is 45.2 Å². The second-order valence-corrected chi connectivity index (χ2v) is 7.30. The van der Waals surface area contributed by atoms with Gasteiger partial charge in [-0.05, 0) is 38.8 Å². The van der Waals surface area contributed by atoms with E-state index in [-0.39, 0.29) is 18.0 Å². The van der Waals surface area contributed by atoms with Crippen LogP contribution in [0.25, 0.3) is 0 Å². The molecule has 2 atom stereocenters. The molecule has 0 saturated carbocycles. The molecule has 0 radical (unpaired) electrons. The van der Waals surface area contributed by atoms with Gasteiger partial charge in [-0.15, -0.1) is 0 Å². The van der Waals surface area contributed by atoms with Crippen LogP contribution >= 0.6 is 0 Å². The van der Waals surface area contributed by atoms with Crippen molar-refractivity contribution in [1.82, 2.24) is 15.0 Å². The lowest BCUT2D eigenvalue weighted by molar-refractivity contribution is -0.0494. The fourth-order valence-electron chi connectivity index (χ4n) is 4.60. The van der Waals surface area contributed by atoms with Gasteiger partial charge < -0.3 is 19.3 Å². The molecule has 26 heavy (non-hydrogen) atoms. The van der Waals surface area contributed by atoms with Crippen molar-refractivity contribution in [3.05, 3.63) is 40.9 Å². The number of pyridine rings is 1. The topological polar surface area (TPSA) is 88.7 Å². The zero-order chi connectivity index (χ0) is 18.5. The Kier molecular flexibility index (Phi) is 3.99. The van der Waals surface area contributed by atoms with Gasteiger partial charge in [0.05, 0.1) is 18.4 Å². The summed E-state index contributed by atoms with van der Waals surface area (Å²) in [6, 6.07) is 3.62. The van der Waals surface area contributed by atoms with E-state index in [1.807, 2.05) is 11.0 Å². The molecule has 2 fully saturated rings. The standard InChI is InChI=1S/C19H23N3O4/c1-11-16(12(2)26-21-11)18(23)22-13-6-7-14(22)10-19(24,9-13)15-5-4-8-20-17(15)25-3/h4-5,8,13-14,24H,6-7,9-10H2,1-3H3. The van der Waals surface area contributed by atoms with Gasteiger partial charge in [0.15, 0.2) is 0 Å². The first-order valence-electron chi connectivity index (χ1n) is 8.92. The second kappa shape index (κ2) is 6.09. The molecule has 7 nitrogen and oxygen atoms in total. The largest absolute Gasteiger partial charge is 0.481 e. The first kappa shape index (κ1) is 17.0. The zero-order valence-electron chi connectivity index (χ0n) is 15.2. The van der Waals surface area contributed by atoms with Crippen LogP contribution in [0.15, 0.2) is 22.9 Å². The molecule has 1 N–H and O–H groups in total. The maximum Gasteiger partial charge on any atom is 0.259 e. The highest BCUT2D eigenvalue weighted by Crippen LogP contribution is 2.48. The average molecular weight is 357 g/mol. The van der Waals surface area contributed by atoms with Crippen molar-refractivity contribution in [2.75, 3.05) is 7.11 Å². The predicted octanol–water partition coefficient (Wildman–Crippen LogP) is 2.35. The molecule has 2 saturated heterocycles. The maximum absolute atomic E-state index is 13.1. The van der Waals surface area contributed by atoms with E-state index in [2.05, 4.69) is 10.1 Å². The van der Waals surface area contributed by atoms with Gasteiger partial charge in [-0.25, -0.2) is 4.98 Å². The Hall–Kier alpha value is -2.41. The van der Waals surface area contributed by atoms with E-state index in [1.165, 1.54) is 0 Å². The summed E-state index contributed by atoms with van der Waals surface area (Å²) in [5, 5.41) is 15.3. The fraction of sp³-hybridized carbons (Fsp3) is 0.526. The molecular formula is C19H23N3O4. The first-order chi connectivity index (χ1) is 12.4. The highest BCUT2D eigenvalue weighted by atomic mass is 16.5. The molecule has 2 aliphatic heterocycles. The minimum Gasteiger partial charge on any atom is -0.481 e. The molecule has 4 rings (SSSR count). The molecular weight excluding hydrogens is 334 g/mol. The summed E-state index contributed by atoms with van der Waals surface area (Å²) in [6.45, 7) is 3.54. The number of ether oxygens (including phenoxy) is 1. The van der Waals surface area contributed by atoms with Crippen LogP contribution in [-0.2, 0) is 5.60 Å². The van der Waals surface area contributed by atoms with E-state index in [4.69, 9.17) is 9.26 Å². The number of aryl methyl sites for hydroxylation is 2. The number of aromatic nitrogens is 2. The third-order valence-electron chi connectivity index (χ3n) is 5.71. The number of hydrogen-bond donors (Lipinski definition) is 1. The number of fused-ring (bicyclic) bond motifs is 2. The number of nitrogens with zero attached hydrogens (tertiary/aromatic N) is 3. The summed E-state index contributed by atoms with van der Waals surface area (Å²) in [5.41, 5.74) is 0.817. The lowest BCUT2D eigenvalue weighted by Crippen LogP contribution is -2.52. The zero-order valence-corrected chi connectivity index (χ0v) is 15.2. The summed E-state index contributed by atoms with van der Waals surface area (Å²) in [6.07, 6.45) is 4.35. The van der Waals surface area contributed by atoms with Gasteiger partial charge in [-0.2, -0.15) is 0 Å². The average Bonchev–Trinajstić information content (AvgIpc) is 3.11. The number of rotatable bonds is 3. The van der Waals surface area contributed by atoms with Crippen LogP contribution in [0.4, 0.5) is 0 Å². The Labute approximate surface area is 152 Å². The quantitative estimate of drug-likeness (QED) is 0.907. The molecule has 0 spiro atoms. The molecule has 2 bridgehead atoms. The van der Waals surface area contributed by atoms with Crippen LogP contribution in [0.2, 0.25) is 0 Å². The number of piperidine rings is 1. The summed E-state index contributed by atoms with van der Waals surface area (Å²) >= 11 is 0. The first-order valence-corrected chi connectivity index (χ1v) is 8.92. The van der Waals surface area contributed by atoms with Crippen molar-refractivity contribution in [1.29, 1.82) is 0 Å². The Morgan fingerprint density at radius 2 is 2.04 bits per heavy atom. The Balaban J connectivity index is 1.65. The number of methoxy groups -OCH3 is 1. The van der Waals surface area contributed by atoms with Crippen molar-refractivity contribution < 1.29 is 19.2 Å². The van der Waals surface area contributed by atoms with Gasteiger partial charge >= 0.3 is 0 Å². The van der Waals surface area contributed by atoms with Crippen molar-refractivity contribution in [2.24, 2.45) is 0 Å². The monoisotopic (exact) mass is 357 g/mol. The highest BCUT2D eigenvalue weighted by Gasteiger charge is 2.51.